The Labute approximate surface area is 162 Å². The van der Waals surface area contributed by atoms with Crippen molar-refractivity contribution in [3.8, 4) is 5.88 Å². The van der Waals surface area contributed by atoms with Crippen molar-refractivity contribution in [2.45, 2.75) is 37.0 Å². The molecule has 2 aromatic heterocycles. The number of aromatic amines is 1. The number of hydrogen-bond donors (Lipinski definition) is 3. The van der Waals surface area contributed by atoms with Crippen molar-refractivity contribution in [1.82, 2.24) is 20.2 Å². The third-order valence-electron chi connectivity index (χ3n) is 4.89. The molecule has 9 nitrogen and oxygen atoms in total. The fraction of sp³-hybridized carbons (Fsp3) is 0.389. The largest absolute Gasteiger partial charge is 0.477 e. The summed E-state index contributed by atoms with van der Waals surface area (Å²) in [5.41, 5.74) is 1.20. The average Bonchev–Trinajstić information content (AvgIpc) is 3.15. The van der Waals surface area contributed by atoms with Crippen LogP contribution in [0.4, 0.5) is 11.6 Å². The zero-order valence-electron chi connectivity index (χ0n) is 15.3. The van der Waals surface area contributed by atoms with Crippen molar-refractivity contribution < 1.29 is 13.2 Å². The molecule has 2 heterocycles. The number of benzene rings is 1. The van der Waals surface area contributed by atoms with Crippen LogP contribution in [0.5, 0.6) is 5.88 Å². The summed E-state index contributed by atoms with van der Waals surface area (Å²) in [6.45, 7) is 0.625. The lowest BCUT2D eigenvalue weighted by atomic mass is 9.90. The summed E-state index contributed by atoms with van der Waals surface area (Å²) in [4.78, 5) is 8.91. The van der Waals surface area contributed by atoms with Gasteiger partial charge < -0.3 is 10.1 Å². The van der Waals surface area contributed by atoms with E-state index in [1.807, 2.05) is 0 Å². The first-order valence-electron chi connectivity index (χ1n) is 9.23. The van der Waals surface area contributed by atoms with Crippen LogP contribution in [-0.4, -0.2) is 35.2 Å². The van der Waals surface area contributed by atoms with Gasteiger partial charge in [-0.2, -0.15) is 15.1 Å². The Kier molecular flexibility index (Phi) is 5.14. The van der Waals surface area contributed by atoms with E-state index >= 15 is 0 Å². The predicted molar refractivity (Wildman–Crippen MR) is 105 cm³/mol. The number of aromatic nitrogens is 4. The van der Waals surface area contributed by atoms with Gasteiger partial charge in [0.1, 0.15) is 5.39 Å². The molecule has 4 rings (SSSR count). The third-order valence-corrected chi connectivity index (χ3v) is 5.82. The molecular formula is C18H22N6O3S. The Balaban J connectivity index is 1.54. The Morgan fingerprint density at radius 3 is 2.61 bits per heavy atom. The Morgan fingerprint density at radius 1 is 1.14 bits per heavy atom. The molecule has 0 aliphatic heterocycles. The van der Waals surface area contributed by atoms with Crippen molar-refractivity contribution in [3.05, 3.63) is 30.5 Å². The molecule has 0 saturated heterocycles. The second-order valence-corrected chi connectivity index (χ2v) is 8.56. The predicted octanol–water partition coefficient (Wildman–Crippen LogP) is 2.70. The number of hydrogen-bond acceptors (Lipinski definition) is 7. The highest BCUT2D eigenvalue weighted by Crippen LogP contribution is 2.28. The Bertz CT molecular complexity index is 1060. The van der Waals surface area contributed by atoms with E-state index in [0.29, 0.717) is 35.7 Å². The number of primary sulfonamides is 1. The minimum Gasteiger partial charge on any atom is -0.477 e. The van der Waals surface area contributed by atoms with Gasteiger partial charge in [0.25, 0.3) is 0 Å². The number of nitrogens with zero attached hydrogens (tertiary/aromatic N) is 3. The molecule has 28 heavy (non-hydrogen) atoms. The minimum absolute atomic E-state index is 0.0412. The SMILES string of the molecule is NS(=O)(=O)c1ccc(Nc2nc(OCC3CCCCC3)c3cn[nH]c3n2)cc1. The Morgan fingerprint density at radius 2 is 1.89 bits per heavy atom. The molecule has 1 aliphatic rings. The lowest BCUT2D eigenvalue weighted by Crippen LogP contribution is -2.16. The molecule has 0 bridgehead atoms. The van der Waals surface area contributed by atoms with Crippen LogP contribution in [0.15, 0.2) is 35.4 Å². The first-order valence-corrected chi connectivity index (χ1v) is 10.8. The highest BCUT2D eigenvalue weighted by atomic mass is 32.2. The zero-order chi connectivity index (χ0) is 19.6. The number of rotatable bonds is 6. The van der Waals surface area contributed by atoms with Gasteiger partial charge in [0.05, 0.1) is 17.7 Å². The van der Waals surface area contributed by atoms with Gasteiger partial charge >= 0.3 is 0 Å². The smallest absolute Gasteiger partial charge is 0.238 e. The van der Waals surface area contributed by atoms with Gasteiger partial charge in [-0.1, -0.05) is 19.3 Å². The monoisotopic (exact) mass is 402 g/mol. The molecule has 1 aromatic carbocycles. The topological polar surface area (TPSA) is 136 Å². The van der Waals surface area contributed by atoms with Crippen LogP contribution in [0.3, 0.4) is 0 Å². The standard InChI is InChI=1S/C18H22N6O3S/c19-28(25,26)14-8-6-13(7-9-14)21-18-22-16-15(10-20-24-16)17(23-18)27-11-12-4-2-1-3-5-12/h6-10,12H,1-5,11H2,(H2,19,25,26)(H2,20,21,22,23,24). The van der Waals surface area contributed by atoms with Gasteiger partial charge in [0.2, 0.25) is 21.9 Å². The molecule has 0 radical (unpaired) electrons. The molecule has 10 heteroatoms. The summed E-state index contributed by atoms with van der Waals surface area (Å²) in [7, 11) is -3.73. The van der Waals surface area contributed by atoms with E-state index < -0.39 is 10.0 Å². The van der Waals surface area contributed by atoms with Crippen LogP contribution in [-0.2, 0) is 10.0 Å². The van der Waals surface area contributed by atoms with Crippen molar-refractivity contribution in [2.24, 2.45) is 11.1 Å². The molecule has 148 valence electrons. The summed E-state index contributed by atoms with van der Waals surface area (Å²) in [5.74, 6) is 1.36. The molecule has 4 N–H and O–H groups in total. The molecule has 0 atom stereocenters. The van der Waals surface area contributed by atoms with Crippen LogP contribution in [0.1, 0.15) is 32.1 Å². The number of anilines is 2. The fourth-order valence-corrected chi connectivity index (χ4v) is 3.90. The normalized spacial score (nSPS) is 15.6. The molecular weight excluding hydrogens is 380 g/mol. The van der Waals surface area contributed by atoms with Gasteiger partial charge in [-0.05, 0) is 43.0 Å². The van der Waals surface area contributed by atoms with Crippen LogP contribution in [0, 0.1) is 5.92 Å². The summed E-state index contributed by atoms with van der Waals surface area (Å²) in [6.07, 6.45) is 7.81. The number of fused-ring (bicyclic) bond motifs is 1. The van der Waals surface area contributed by atoms with Crippen molar-refractivity contribution >= 4 is 32.7 Å². The van der Waals surface area contributed by atoms with Gasteiger partial charge in [0.15, 0.2) is 5.65 Å². The number of sulfonamides is 1. The maximum Gasteiger partial charge on any atom is 0.238 e. The van der Waals surface area contributed by atoms with E-state index in [-0.39, 0.29) is 4.90 Å². The molecule has 1 fully saturated rings. The lowest BCUT2D eigenvalue weighted by Gasteiger charge is -2.21. The number of H-pyrrole nitrogens is 1. The van der Waals surface area contributed by atoms with Crippen LogP contribution in [0.2, 0.25) is 0 Å². The molecule has 3 aromatic rings. The molecule has 0 spiro atoms. The van der Waals surface area contributed by atoms with E-state index in [1.54, 1.807) is 18.3 Å². The minimum atomic E-state index is -3.73. The first-order chi connectivity index (χ1) is 13.5. The number of nitrogens with two attached hydrogens (primary N) is 1. The second kappa shape index (κ2) is 7.72. The van der Waals surface area contributed by atoms with Crippen LogP contribution in [0.25, 0.3) is 11.0 Å². The van der Waals surface area contributed by atoms with E-state index in [1.165, 1.54) is 44.2 Å². The maximum absolute atomic E-state index is 11.4. The number of ether oxygens (including phenoxy) is 1. The summed E-state index contributed by atoms with van der Waals surface area (Å²) >= 11 is 0. The molecule has 1 saturated carbocycles. The first kappa shape index (κ1) is 18.6. The average molecular weight is 402 g/mol. The Hall–Kier alpha value is -2.72. The fourth-order valence-electron chi connectivity index (χ4n) is 3.38. The molecule has 0 amide bonds. The highest BCUT2D eigenvalue weighted by Gasteiger charge is 2.17. The van der Waals surface area contributed by atoms with Crippen LogP contribution < -0.4 is 15.2 Å². The van der Waals surface area contributed by atoms with E-state index in [4.69, 9.17) is 9.88 Å². The van der Waals surface area contributed by atoms with Crippen molar-refractivity contribution in [1.29, 1.82) is 0 Å². The van der Waals surface area contributed by atoms with Gasteiger partial charge in [-0.3, -0.25) is 5.10 Å². The van der Waals surface area contributed by atoms with E-state index in [2.05, 4.69) is 25.5 Å². The van der Waals surface area contributed by atoms with E-state index in [0.717, 1.165) is 5.39 Å². The quantitative estimate of drug-likeness (QED) is 0.576. The summed E-state index contributed by atoms with van der Waals surface area (Å²) in [6, 6.07) is 6.05. The van der Waals surface area contributed by atoms with E-state index in [9.17, 15) is 8.42 Å². The van der Waals surface area contributed by atoms with Crippen molar-refractivity contribution in [2.75, 3.05) is 11.9 Å². The zero-order valence-corrected chi connectivity index (χ0v) is 16.1. The summed E-state index contributed by atoms with van der Waals surface area (Å²) in [5, 5.41) is 15.8. The third kappa shape index (κ3) is 4.23. The van der Waals surface area contributed by atoms with Gasteiger partial charge in [0, 0.05) is 5.69 Å². The highest BCUT2D eigenvalue weighted by molar-refractivity contribution is 7.89. The van der Waals surface area contributed by atoms with Gasteiger partial charge in [-0.15, -0.1) is 0 Å². The van der Waals surface area contributed by atoms with Crippen molar-refractivity contribution in [3.63, 3.8) is 0 Å². The van der Waals surface area contributed by atoms with Crippen LogP contribution >= 0.6 is 0 Å². The second-order valence-electron chi connectivity index (χ2n) is 6.99. The summed E-state index contributed by atoms with van der Waals surface area (Å²) < 4.78 is 28.8. The van der Waals surface area contributed by atoms with Gasteiger partial charge in [-0.25, -0.2) is 13.6 Å². The maximum atomic E-state index is 11.4. The molecule has 0 unspecified atom stereocenters. The molecule has 1 aliphatic carbocycles. The number of nitrogens with one attached hydrogen (secondary N) is 2. The lowest BCUT2D eigenvalue weighted by molar-refractivity contribution is 0.205.